The number of aryl methyl sites for hydroxylation is 1. The first-order chi connectivity index (χ1) is 16.1. The van der Waals surface area contributed by atoms with Crippen molar-refractivity contribution in [3.63, 3.8) is 0 Å². The number of fused-ring (bicyclic) bond motifs is 1. The molecule has 2 aromatic carbocycles. The number of barbiturate groups is 1. The Bertz CT molecular complexity index is 1260. The highest BCUT2D eigenvalue weighted by atomic mass is 16.5. The number of carbonyl (C=O) groups excluding carboxylic acids is 3. The van der Waals surface area contributed by atoms with E-state index >= 15 is 0 Å². The molecule has 0 unspecified atom stereocenters. The third-order valence-electron chi connectivity index (χ3n) is 6.41. The molecule has 0 bridgehead atoms. The maximum Gasteiger partial charge on any atom is 0.335 e. The van der Waals surface area contributed by atoms with E-state index in [0.717, 1.165) is 39.4 Å². The van der Waals surface area contributed by atoms with Gasteiger partial charge in [0.25, 0.3) is 11.8 Å². The number of methoxy groups -OCH3 is 1. The molecule has 2 heterocycles. The average Bonchev–Trinajstić information content (AvgIpc) is 2.77. The second-order valence-corrected chi connectivity index (χ2v) is 9.11. The van der Waals surface area contributed by atoms with Crippen molar-refractivity contribution in [2.24, 2.45) is 0 Å². The van der Waals surface area contributed by atoms with E-state index in [1.165, 1.54) is 7.11 Å². The number of benzene rings is 2. The first-order valence-corrected chi connectivity index (χ1v) is 11.2. The lowest BCUT2D eigenvalue weighted by Gasteiger charge is -2.43. The molecule has 4 amide bonds. The zero-order valence-corrected chi connectivity index (χ0v) is 20.4. The first-order valence-electron chi connectivity index (χ1n) is 11.2. The van der Waals surface area contributed by atoms with Crippen LogP contribution in [0.25, 0.3) is 11.6 Å². The fourth-order valence-corrected chi connectivity index (χ4v) is 4.76. The van der Waals surface area contributed by atoms with Gasteiger partial charge in [-0.25, -0.2) is 9.69 Å². The number of amides is 4. The molecule has 0 radical (unpaired) electrons. The van der Waals surface area contributed by atoms with Gasteiger partial charge >= 0.3 is 6.03 Å². The summed E-state index contributed by atoms with van der Waals surface area (Å²) in [6.45, 7) is 11.4. The Morgan fingerprint density at radius 3 is 2.35 bits per heavy atom. The van der Waals surface area contributed by atoms with Crippen LogP contribution in [0.4, 0.5) is 16.2 Å². The van der Waals surface area contributed by atoms with Crippen molar-refractivity contribution in [3.05, 3.63) is 64.7 Å². The van der Waals surface area contributed by atoms with Crippen LogP contribution in [0.1, 0.15) is 44.4 Å². The van der Waals surface area contributed by atoms with Crippen molar-refractivity contribution in [1.29, 1.82) is 0 Å². The zero-order valence-electron chi connectivity index (χ0n) is 20.4. The molecule has 0 saturated carbocycles. The third-order valence-corrected chi connectivity index (χ3v) is 6.41. The molecular weight excluding hydrogens is 430 g/mol. The number of imide groups is 2. The van der Waals surface area contributed by atoms with Gasteiger partial charge in [-0.2, -0.15) is 0 Å². The lowest BCUT2D eigenvalue weighted by atomic mass is 9.86. The van der Waals surface area contributed by atoms with Gasteiger partial charge in [-0.15, -0.1) is 0 Å². The number of carbonyl (C=O) groups is 3. The first kappa shape index (κ1) is 23.3. The van der Waals surface area contributed by atoms with Gasteiger partial charge in [0.2, 0.25) is 0 Å². The molecule has 7 nitrogen and oxygen atoms in total. The topological polar surface area (TPSA) is 79.0 Å². The van der Waals surface area contributed by atoms with E-state index in [1.54, 1.807) is 30.3 Å². The van der Waals surface area contributed by atoms with E-state index in [0.29, 0.717) is 11.4 Å². The Balaban J connectivity index is 1.77. The number of likely N-dealkylation sites (N-methyl/N-ethyl adjacent to an activating group) is 1. The minimum atomic E-state index is -0.779. The summed E-state index contributed by atoms with van der Waals surface area (Å²) in [5.74, 6) is -0.780. The lowest BCUT2D eigenvalue weighted by molar-refractivity contribution is -0.122. The predicted molar refractivity (Wildman–Crippen MR) is 134 cm³/mol. The number of urea groups is 1. The highest BCUT2D eigenvalue weighted by Gasteiger charge is 2.37. The third kappa shape index (κ3) is 3.87. The maximum atomic E-state index is 13.3. The Hall–Kier alpha value is -3.87. The van der Waals surface area contributed by atoms with Crippen LogP contribution in [0.2, 0.25) is 0 Å². The van der Waals surface area contributed by atoms with E-state index < -0.39 is 17.8 Å². The summed E-state index contributed by atoms with van der Waals surface area (Å²) in [5, 5.41) is 2.28. The molecule has 2 aliphatic rings. The van der Waals surface area contributed by atoms with Crippen LogP contribution >= 0.6 is 0 Å². The molecule has 0 aromatic heterocycles. The van der Waals surface area contributed by atoms with Gasteiger partial charge in [0, 0.05) is 17.8 Å². The van der Waals surface area contributed by atoms with Crippen molar-refractivity contribution in [3.8, 4) is 5.75 Å². The van der Waals surface area contributed by atoms with Crippen LogP contribution in [0.3, 0.4) is 0 Å². The van der Waals surface area contributed by atoms with Crippen molar-refractivity contribution in [2.75, 3.05) is 23.5 Å². The molecule has 2 aromatic rings. The lowest BCUT2D eigenvalue weighted by Crippen LogP contribution is -2.54. The Kier molecular flexibility index (Phi) is 5.81. The standard InChI is InChI=1S/C27H29N3O4/c1-7-29-23-12-16(2)18(13-21(23)17(3)15-27(29,4)5)14-22-24(31)28-26(33)30(25(22)32)19-8-10-20(34-6)11-9-19/h8-15H,7H2,1-6H3,(H,28,31,33)/b22-14+. The molecule has 34 heavy (non-hydrogen) atoms. The summed E-state index contributed by atoms with van der Waals surface area (Å²) >= 11 is 0. The second kappa shape index (κ2) is 8.48. The van der Waals surface area contributed by atoms with Crippen LogP contribution in [-0.2, 0) is 9.59 Å². The predicted octanol–water partition coefficient (Wildman–Crippen LogP) is 4.69. The summed E-state index contributed by atoms with van der Waals surface area (Å²) < 4.78 is 5.15. The van der Waals surface area contributed by atoms with Crippen LogP contribution < -0.4 is 19.9 Å². The van der Waals surface area contributed by atoms with Gasteiger partial charge < -0.3 is 9.64 Å². The molecule has 7 heteroatoms. The van der Waals surface area contributed by atoms with Crippen LogP contribution in [0, 0.1) is 6.92 Å². The molecule has 0 aliphatic carbocycles. The van der Waals surface area contributed by atoms with Gasteiger partial charge in [-0.05, 0) is 93.8 Å². The molecule has 0 atom stereocenters. The van der Waals surface area contributed by atoms with Gasteiger partial charge in [-0.1, -0.05) is 6.08 Å². The van der Waals surface area contributed by atoms with Gasteiger partial charge in [0.05, 0.1) is 18.3 Å². The van der Waals surface area contributed by atoms with Gasteiger partial charge in [-0.3, -0.25) is 14.9 Å². The van der Waals surface area contributed by atoms with Crippen molar-refractivity contribution < 1.29 is 19.1 Å². The van der Waals surface area contributed by atoms with Crippen LogP contribution in [0.15, 0.2) is 48.0 Å². The van der Waals surface area contributed by atoms with Crippen molar-refractivity contribution in [1.82, 2.24) is 5.32 Å². The van der Waals surface area contributed by atoms with Crippen LogP contribution in [0.5, 0.6) is 5.75 Å². The molecule has 176 valence electrons. The highest BCUT2D eigenvalue weighted by molar-refractivity contribution is 6.39. The highest BCUT2D eigenvalue weighted by Crippen LogP contribution is 2.40. The minimum absolute atomic E-state index is 0.0939. The normalized spacial score (nSPS) is 18.6. The maximum absolute atomic E-state index is 13.3. The van der Waals surface area contributed by atoms with Gasteiger partial charge in [0.15, 0.2) is 0 Å². The fraction of sp³-hybridized carbons (Fsp3) is 0.296. The zero-order chi connectivity index (χ0) is 24.8. The number of anilines is 2. The molecule has 1 saturated heterocycles. The van der Waals surface area contributed by atoms with E-state index in [1.807, 2.05) is 13.0 Å². The molecule has 4 rings (SSSR count). The number of rotatable bonds is 4. The fourth-order valence-electron chi connectivity index (χ4n) is 4.76. The monoisotopic (exact) mass is 459 g/mol. The number of hydrogen-bond acceptors (Lipinski definition) is 5. The largest absolute Gasteiger partial charge is 0.497 e. The van der Waals surface area contributed by atoms with Gasteiger partial charge in [0.1, 0.15) is 11.3 Å². The minimum Gasteiger partial charge on any atom is -0.497 e. The Morgan fingerprint density at radius 1 is 1.06 bits per heavy atom. The second-order valence-electron chi connectivity index (χ2n) is 9.11. The smallest absolute Gasteiger partial charge is 0.335 e. The molecule has 0 spiro atoms. The quantitative estimate of drug-likeness (QED) is 0.530. The van der Waals surface area contributed by atoms with E-state index in [2.05, 4.69) is 50.1 Å². The molecule has 1 N–H and O–H groups in total. The van der Waals surface area contributed by atoms with E-state index in [9.17, 15) is 14.4 Å². The SMILES string of the molecule is CCN1c2cc(C)c(/C=C3\C(=O)NC(=O)N(c4ccc(OC)cc4)C3=O)cc2C(C)=CC1(C)C. The summed E-state index contributed by atoms with van der Waals surface area (Å²) in [6, 6.07) is 9.83. The van der Waals surface area contributed by atoms with Crippen molar-refractivity contribution >= 4 is 40.9 Å². The summed E-state index contributed by atoms with van der Waals surface area (Å²) in [5.41, 5.74) is 5.16. The average molecular weight is 460 g/mol. The number of nitrogens with zero attached hydrogens (tertiary/aromatic N) is 2. The van der Waals surface area contributed by atoms with Crippen molar-refractivity contribution in [2.45, 2.75) is 40.2 Å². The molecular formula is C27H29N3O4. The summed E-state index contributed by atoms with van der Waals surface area (Å²) in [6.07, 6.45) is 3.80. The van der Waals surface area contributed by atoms with E-state index in [4.69, 9.17) is 4.74 Å². The van der Waals surface area contributed by atoms with E-state index in [-0.39, 0.29) is 11.1 Å². The number of allylic oxidation sites excluding steroid dienone is 1. The Labute approximate surface area is 199 Å². The molecule has 2 aliphatic heterocycles. The number of ether oxygens (including phenoxy) is 1. The summed E-state index contributed by atoms with van der Waals surface area (Å²) in [7, 11) is 1.53. The van der Waals surface area contributed by atoms with Crippen LogP contribution in [-0.4, -0.2) is 37.0 Å². The number of nitrogens with one attached hydrogen (secondary N) is 1. The Morgan fingerprint density at radius 2 is 1.74 bits per heavy atom. The summed E-state index contributed by atoms with van der Waals surface area (Å²) in [4.78, 5) is 41.7. The molecule has 1 fully saturated rings. The number of hydrogen-bond donors (Lipinski definition) is 1.